The lowest BCUT2D eigenvalue weighted by Crippen LogP contribution is -2.24. The molecule has 0 spiro atoms. The van der Waals surface area contributed by atoms with Crippen LogP contribution < -0.4 is 5.73 Å². The van der Waals surface area contributed by atoms with Gasteiger partial charge >= 0.3 is 5.55 Å². The Hall–Kier alpha value is -4.79. The lowest BCUT2D eigenvalue weighted by Gasteiger charge is -2.20. The van der Waals surface area contributed by atoms with Crippen LogP contribution in [-0.2, 0) is 13.1 Å². The first kappa shape index (κ1) is 31.6. The molecule has 0 bridgehead atoms. The molecular weight excluding hydrogens is 599 g/mol. The molecule has 0 atom stereocenters. The number of ketones is 2. The largest absolute Gasteiger partial charge is 0.477 e. The van der Waals surface area contributed by atoms with Gasteiger partial charge in [-0.2, -0.15) is 5.10 Å². The monoisotopic (exact) mass is 630 g/mol. The summed E-state index contributed by atoms with van der Waals surface area (Å²) in [5.41, 5.74) is 16.3. The Morgan fingerprint density at radius 3 is 1.87 bits per heavy atom. The number of hydrogen-bond acceptors (Lipinski definition) is 9. The van der Waals surface area contributed by atoms with Gasteiger partial charge in [0, 0.05) is 28.6 Å². The fraction of sp³-hybridized carbons (Fsp3) is 0.111. The number of nitrogens with zero attached hydrogens (tertiary/aromatic N) is 4. The van der Waals surface area contributed by atoms with Crippen LogP contribution in [0.15, 0.2) is 118 Å². The first-order chi connectivity index (χ1) is 21.9. The fourth-order valence-corrected chi connectivity index (χ4v) is 6.33. The highest BCUT2D eigenvalue weighted by molar-refractivity contribution is 8.12. The average molecular weight is 631 g/mol. The predicted molar refractivity (Wildman–Crippen MR) is 187 cm³/mol. The molecule has 4 aromatic rings. The van der Waals surface area contributed by atoms with Crippen molar-refractivity contribution < 1.29 is 9.59 Å². The maximum Gasteiger partial charge on any atom is 0.477 e. The Kier molecular flexibility index (Phi) is 10.4. The van der Waals surface area contributed by atoms with Crippen molar-refractivity contribution in [3.05, 3.63) is 143 Å². The smallest absolute Gasteiger partial charge is 0.312 e. The standard InChI is InChI=1S/C36H32N5O2S2/c1-4-25-12-16-27(17-13-25)20-40(3)38-23-44-31-10-6-8-29-33(31)35(42)30-9-7-11-32(34(30)36(29)43)45-24-39-41(22-37)21-28-18-14-26(5-2)15-19-28/h4-19,23H,1-2,20-22,37H2,3H3/q+1/b38-23+. The molecule has 1 aliphatic carbocycles. The van der Waals surface area contributed by atoms with Gasteiger partial charge in [-0.1, -0.05) is 110 Å². The summed E-state index contributed by atoms with van der Waals surface area (Å²) in [4.78, 5) is 28.9. The highest BCUT2D eigenvalue weighted by Crippen LogP contribution is 2.37. The van der Waals surface area contributed by atoms with Crippen LogP contribution in [0.25, 0.3) is 12.2 Å². The lowest BCUT2D eigenvalue weighted by atomic mass is 9.84. The van der Waals surface area contributed by atoms with Crippen LogP contribution in [0.2, 0.25) is 0 Å². The van der Waals surface area contributed by atoms with Gasteiger partial charge in [-0.15, -0.1) is 0 Å². The second-order valence-corrected chi connectivity index (χ2v) is 11.9. The first-order valence-corrected chi connectivity index (χ1v) is 15.9. The van der Waals surface area contributed by atoms with Crippen LogP contribution in [0, 0.1) is 0 Å². The molecule has 2 N–H and O–H groups in total. The van der Waals surface area contributed by atoms with Crippen LogP contribution in [0.1, 0.15) is 54.1 Å². The molecule has 0 heterocycles. The normalized spacial score (nSPS) is 12.1. The minimum atomic E-state index is -0.207. The van der Waals surface area contributed by atoms with Crippen molar-refractivity contribution in [2.24, 2.45) is 15.9 Å². The first-order valence-electron chi connectivity index (χ1n) is 14.2. The molecule has 0 saturated carbocycles. The van der Waals surface area contributed by atoms with Crippen molar-refractivity contribution >= 4 is 58.3 Å². The Labute approximate surface area is 272 Å². The Balaban J connectivity index is 1.29. The van der Waals surface area contributed by atoms with Gasteiger partial charge in [0.05, 0.1) is 40.9 Å². The number of hydrogen-bond donors (Lipinski definition) is 1. The number of carbonyl (C=O) groups excluding carboxylic acids is 2. The number of nitrogens with two attached hydrogens (primary N) is 1. The van der Waals surface area contributed by atoms with Crippen molar-refractivity contribution in [2.45, 2.75) is 22.9 Å². The van der Waals surface area contributed by atoms with Crippen LogP contribution in [-0.4, -0.2) is 46.4 Å². The van der Waals surface area contributed by atoms with E-state index < -0.39 is 0 Å². The average Bonchev–Trinajstić information content (AvgIpc) is 3.07. The van der Waals surface area contributed by atoms with E-state index >= 15 is 0 Å². The SMILES string of the molecule is C=Cc1ccc(CN(CN)N=[C+]Sc2cccc3c2C(=O)c2cccc(S/C=N/N(C)Cc4ccc(C=C)cc4)c2C3=O)cc1. The molecule has 1 aliphatic rings. The van der Waals surface area contributed by atoms with Gasteiger partial charge in [-0.05, 0) is 34.4 Å². The molecule has 45 heavy (non-hydrogen) atoms. The number of carbonyl (C=O) groups is 2. The number of fused-ring (bicyclic) bond motifs is 2. The molecule has 7 nitrogen and oxygen atoms in total. The summed E-state index contributed by atoms with van der Waals surface area (Å²) < 4.78 is 0. The molecule has 224 valence electrons. The lowest BCUT2D eigenvalue weighted by molar-refractivity contribution is 0.0974. The van der Waals surface area contributed by atoms with Crippen LogP contribution in [0.3, 0.4) is 0 Å². The van der Waals surface area contributed by atoms with E-state index in [1.165, 1.54) is 11.8 Å². The summed E-state index contributed by atoms with van der Waals surface area (Å²) in [6.07, 6.45) is 3.60. The number of hydrazone groups is 2. The second kappa shape index (κ2) is 14.8. The van der Waals surface area contributed by atoms with Crippen molar-refractivity contribution in [1.29, 1.82) is 0 Å². The van der Waals surface area contributed by atoms with Gasteiger partial charge < -0.3 is 5.73 Å². The van der Waals surface area contributed by atoms with Crippen LogP contribution >= 0.6 is 23.5 Å². The van der Waals surface area contributed by atoms with Gasteiger partial charge in [0.25, 0.3) is 0 Å². The summed E-state index contributed by atoms with van der Waals surface area (Å²) in [6, 6.07) is 26.7. The van der Waals surface area contributed by atoms with Gasteiger partial charge in [0.1, 0.15) is 0 Å². The number of rotatable bonds is 13. The van der Waals surface area contributed by atoms with Crippen molar-refractivity contribution in [3.63, 3.8) is 0 Å². The van der Waals surface area contributed by atoms with Gasteiger partial charge in [0.15, 0.2) is 11.6 Å². The minimum Gasteiger partial charge on any atom is -0.312 e. The maximum atomic E-state index is 13.8. The number of benzene rings is 4. The minimum absolute atomic E-state index is 0.191. The zero-order valence-electron chi connectivity index (χ0n) is 24.8. The molecule has 0 fully saturated rings. The zero-order chi connectivity index (χ0) is 31.8. The van der Waals surface area contributed by atoms with Gasteiger partial charge in [-0.25, -0.2) is 5.01 Å². The highest BCUT2D eigenvalue weighted by Gasteiger charge is 2.34. The van der Waals surface area contributed by atoms with E-state index in [2.05, 4.69) is 28.9 Å². The third-order valence-corrected chi connectivity index (χ3v) is 8.70. The molecule has 0 saturated heterocycles. The third kappa shape index (κ3) is 7.48. The third-order valence-electron chi connectivity index (χ3n) is 7.18. The summed E-state index contributed by atoms with van der Waals surface area (Å²) in [5, 5.41) is 12.4. The summed E-state index contributed by atoms with van der Waals surface area (Å²) in [6.45, 7) is 8.88. The molecular formula is C36H32N5O2S2+. The molecule has 0 amide bonds. The predicted octanol–water partition coefficient (Wildman–Crippen LogP) is 7.25. The van der Waals surface area contributed by atoms with E-state index in [4.69, 9.17) is 5.73 Å². The van der Waals surface area contributed by atoms with E-state index in [1.54, 1.807) is 47.0 Å². The summed E-state index contributed by atoms with van der Waals surface area (Å²) in [5.74, 6) is -0.403. The molecule has 4 aromatic carbocycles. The molecule has 0 unspecified atom stereocenters. The summed E-state index contributed by atoms with van der Waals surface area (Å²) >= 11 is 2.48. The van der Waals surface area contributed by atoms with E-state index in [1.807, 2.05) is 72.7 Å². The quantitative estimate of drug-likeness (QED) is 0.0366. The fourth-order valence-electron chi connectivity index (χ4n) is 4.82. The van der Waals surface area contributed by atoms with Crippen LogP contribution in [0.5, 0.6) is 0 Å². The van der Waals surface area contributed by atoms with Crippen molar-refractivity contribution in [2.75, 3.05) is 13.7 Å². The maximum absolute atomic E-state index is 13.8. The van der Waals surface area contributed by atoms with E-state index in [0.29, 0.717) is 45.1 Å². The Morgan fingerprint density at radius 1 is 0.778 bits per heavy atom. The molecule has 0 aromatic heterocycles. The molecule has 5 rings (SSSR count). The van der Waals surface area contributed by atoms with E-state index in [9.17, 15) is 9.59 Å². The Morgan fingerprint density at radius 2 is 1.31 bits per heavy atom. The molecule has 9 heteroatoms. The Bertz CT molecular complexity index is 1780. The van der Waals surface area contributed by atoms with Gasteiger partial charge in [0.2, 0.25) is 11.8 Å². The van der Waals surface area contributed by atoms with Gasteiger partial charge in [-0.3, -0.25) is 14.6 Å². The number of thioether (sulfide) groups is 2. The van der Waals surface area contributed by atoms with Crippen molar-refractivity contribution in [1.82, 2.24) is 10.0 Å². The topological polar surface area (TPSA) is 91.4 Å². The van der Waals surface area contributed by atoms with E-state index in [-0.39, 0.29) is 18.2 Å². The highest BCUT2D eigenvalue weighted by atomic mass is 32.2. The summed E-state index contributed by atoms with van der Waals surface area (Å²) in [7, 11) is 1.89. The van der Waals surface area contributed by atoms with Crippen LogP contribution in [0.4, 0.5) is 0 Å². The zero-order valence-corrected chi connectivity index (χ0v) is 26.5. The van der Waals surface area contributed by atoms with Crippen molar-refractivity contribution in [3.8, 4) is 0 Å². The molecule has 0 radical (unpaired) electrons. The second-order valence-electron chi connectivity index (χ2n) is 10.2. The van der Waals surface area contributed by atoms with E-state index in [0.717, 1.165) is 34.0 Å². The molecule has 0 aliphatic heterocycles.